The molecule has 0 fully saturated rings. The largest absolute Gasteiger partial charge is 0.494 e. The Hall–Kier alpha value is -0.830. The summed E-state index contributed by atoms with van der Waals surface area (Å²) in [6.07, 6.45) is 15.9. The zero-order valence-corrected chi connectivity index (χ0v) is 19.1. The standard InChI is InChI=1S/C23H41O4P/c1-4-5-6-7-8-9-10-11-12-13-14-15-20-27-22-18-16-21(17-19-22)23(2,3)28(24,25)26/h16-19H,4-15,20H2,1-3H3,(H2,24,25,26). The van der Waals surface area contributed by atoms with Gasteiger partial charge in [-0.15, -0.1) is 0 Å². The molecule has 0 saturated heterocycles. The molecule has 0 amide bonds. The van der Waals surface area contributed by atoms with Crippen LogP contribution >= 0.6 is 7.60 Å². The Bertz CT molecular complexity index is 562. The third kappa shape index (κ3) is 9.58. The molecular weight excluding hydrogens is 371 g/mol. The van der Waals surface area contributed by atoms with Crippen molar-refractivity contribution >= 4 is 7.60 Å². The summed E-state index contributed by atoms with van der Waals surface area (Å²) >= 11 is 0. The number of benzene rings is 1. The Kier molecular flexibility index (Phi) is 12.1. The van der Waals surface area contributed by atoms with Gasteiger partial charge in [-0.2, -0.15) is 0 Å². The van der Waals surface area contributed by atoms with Crippen molar-refractivity contribution in [1.29, 1.82) is 0 Å². The summed E-state index contributed by atoms with van der Waals surface area (Å²) < 4.78 is 17.4. The van der Waals surface area contributed by atoms with E-state index in [0.717, 1.165) is 12.2 Å². The highest BCUT2D eigenvalue weighted by Gasteiger charge is 2.39. The SMILES string of the molecule is CCCCCCCCCCCCCCOc1ccc(C(C)(C)P(=O)(O)O)cc1. The van der Waals surface area contributed by atoms with Crippen LogP contribution in [-0.2, 0) is 9.72 Å². The van der Waals surface area contributed by atoms with Crippen molar-refractivity contribution in [1.82, 2.24) is 0 Å². The number of hydrogen-bond acceptors (Lipinski definition) is 2. The number of ether oxygens (including phenoxy) is 1. The van der Waals surface area contributed by atoms with Gasteiger partial charge in [0.25, 0.3) is 0 Å². The third-order valence-corrected chi connectivity index (χ3v) is 7.27. The molecule has 0 aromatic heterocycles. The fraction of sp³-hybridized carbons (Fsp3) is 0.739. The molecule has 1 rings (SSSR count). The molecular formula is C23H41O4P. The summed E-state index contributed by atoms with van der Waals surface area (Å²) in [4.78, 5) is 19.0. The number of rotatable bonds is 16. The van der Waals surface area contributed by atoms with Gasteiger partial charge < -0.3 is 14.5 Å². The molecule has 1 aromatic rings. The Morgan fingerprint density at radius 2 is 1.21 bits per heavy atom. The molecule has 162 valence electrons. The molecule has 0 aliphatic rings. The van der Waals surface area contributed by atoms with Gasteiger partial charge in [0.1, 0.15) is 5.75 Å². The first-order valence-corrected chi connectivity index (χ1v) is 12.7. The van der Waals surface area contributed by atoms with E-state index < -0.39 is 12.8 Å². The Labute approximate surface area is 172 Å². The van der Waals surface area contributed by atoms with Crippen molar-refractivity contribution in [3.8, 4) is 5.75 Å². The van der Waals surface area contributed by atoms with Crippen molar-refractivity contribution in [2.75, 3.05) is 6.61 Å². The van der Waals surface area contributed by atoms with Crippen LogP contribution in [0.15, 0.2) is 24.3 Å². The highest BCUT2D eigenvalue weighted by Crippen LogP contribution is 2.56. The lowest BCUT2D eigenvalue weighted by Gasteiger charge is -2.26. The second-order valence-corrected chi connectivity index (χ2v) is 10.6. The molecule has 0 heterocycles. The number of hydrogen-bond donors (Lipinski definition) is 2. The molecule has 0 bridgehead atoms. The lowest BCUT2D eigenvalue weighted by Crippen LogP contribution is -2.17. The molecule has 4 nitrogen and oxygen atoms in total. The first-order valence-electron chi connectivity index (χ1n) is 11.1. The van der Waals surface area contributed by atoms with Crippen LogP contribution in [0.1, 0.15) is 103 Å². The van der Waals surface area contributed by atoms with Crippen LogP contribution in [0, 0.1) is 0 Å². The fourth-order valence-corrected chi connectivity index (χ4v) is 3.75. The second kappa shape index (κ2) is 13.4. The lowest BCUT2D eigenvalue weighted by molar-refractivity contribution is 0.304. The molecule has 0 spiro atoms. The van der Waals surface area contributed by atoms with Crippen molar-refractivity contribution in [2.45, 2.75) is 103 Å². The summed E-state index contributed by atoms with van der Waals surface area (Å²) in [7, 11) is -4.20. The highest BCUT2D eigenvalue weighted by molar-refractivity contribution is 7.53. The Morgan fingerprint density at radius 3 is 1.64 bits per heavy atom. The molecule has 5 heteroatoms. The molecule has 0 aliphatic carbocycles. The summed E-state index contributed by atoms with van der Waals surface area (Å²) in [6.45, 7) is 6.09. The average molecular weight is 413 g/mol. The van der Waals surface area contributed by atoms with Gasteiger partial charge in [-0.05, 0) is 38.0 Å². The van der Waals surface area contributed by atoms with Crippen molar-refractivity contribution in [3.05, 3.63) is 29.8 Å². The van der Waals surface area contributed by atoms with Crippen molar-refractivity contribution in [3.63, 3.8) is 0 Å². The van der Waals surface area contributed by atoms with Crippen LogP contribution in [0.25, 0.3) is 0 Å². The summed E-state index contributed by atoms with van der Waals surface area (Å²) in [6, 6.07) is 7.09. The zero-order valence-electron chi connectivity index (χ0n) is 18.2. The van der Waals surface area contributed by atoms with Gasteiger partial charge >= 0.3 is 7.60 Å². The van der Waals surface area contributed by atoms with Crippen LogP contribution in [0.3, 0.4) is 0 Å². The maximum Gasteiger partial charge on any atom is 0.335 e. The maximum atomic E-state index is 11.6. The van der Waals surface area contributed by atoms with Crippen LogP contribution in [0.2, 0.25) is 0 Å². The fourth-order valence-electron chi connectivity index (χ4n) is 3.26. The molecule has 0 radical (unpaired) electrons. The molecule has 28 heavy (non-hydrogen) atoms. The Morgan fingerprint density at radius 1 is 0.786 bits per heavy atom. The first kappa shape index (κ1) is 25.2. The van der Waals surface area contributed by atoms with Crippen LogP contribution in [-0.4, -0.2) is 16.4 Å². The number of unbranched alkanes of at least 4 members (excludes halogenated alkanes) is 11. The molecule has 0 saturated carbocycles. The monoisotopic (exact) mass is 412 g/mol. The van der Waals surface area contributed by atoms with Gasteiger partial charge in [0.15, 0.2) is 0 Å². The Balaban J connectivity index is 2.07. The third-order valence-electron chi connectivity index (χ3n) is 5.56. The van der Waals surface area contributed by atoms with Crippen LogP contribution in [0.5, 0.6) is 5.75 Å². The predicted octanol–water partition coefficient (Wildman–Crippen LogP) is 7.18. The van der Waals surface area contributed by atoms with E-state index in [1.165, 1.54) is 70.6 Å². The van der Waals surface area contributed by atoms with Crippen molar-refractivity contribution < 1.29 is 19.1 Å². The quantitative estimate of drug-likeness (QED) is 0.223. The molecule has 0 aliphatic heterocycles. The van der Waals surface area contributed by atoms with Gasteiger partial charge in [0.05, 0.1) is 11.8 Å². The lowest BCUT2D eigenvalue weighted by atomic mass is 10.0. The summed E-state index contributed by atoms with van der Waals surface area (Å²) in [5, 5.41) is -1.18. The van der Waals surface area contributed by atoms with Gasteiger partial charge in [-0.25, -0.2) is 0 Å². The molecule has 0 unspecified atom stereocenters. The molecule has 1 aromatic carbocycles. The molecule has 2 N–H and O–H groups in total. The maximum absolute atomic E-state index is 11.6. The van der Waals surface area contributed by atoms with Gasteiger partial charge in [0.2, 0.25) is 0 Å². The first-order chi connectivity index (χ1) is 13.3. The van der Waals surface area contributed by atoms with E-state index in [1.807, 2.05) is 0 Å². The minimum Gasteiger partial charge on any atom is -0.494 e. The van der Waals surface area contributed by atoms with E-state index in [0.29, 0.717) is 12.2 Å². The smallest absolute Gasteiger partial charge is 0.335 e. The van der Waals surface area contributed by atoms with Crippen molar-refractivity contribution in [2.24, 2.45) is 0 Å². The predicted molar refractivity (Wildman–Crippen MR) is 118 cm³/mol. The highest BCUT2D eigenvalue weighted by atomic mass is 31.2. The van der Waals surface area contributed by atoms with E-state index in [9.17, 15) is 14.4 Å². The minimum absolute atomic E-state index is 0.624. The van der Waals surface area contributed by atoms with E-state index in [1.54, 1.807) is 38.1 Å². The van der Waals surface area contributed by atoms with Gasteiger partial charge in [0, 0.05) is 0 Å². The average Bonchev–Trinajstić information content (AvgIpc) is 2.65. The molecule has 0 atom stereocenters. The minimum atomic E-state index is -4.20. The summed E-state index contributed by atoms with van der Waals surface area (Å²) in [5.41, 5.74) is 0.624. The van der Waals surface area contributed by atoms with Gasteiger partial charge in [-0.1, -0.05) is 89.7 Å². The van der Waals surface area contributed by atoms with E-state index >= 15 is 0 Å². The van der Waals surface area contributed by atoms with E-state index in [4.69, 9.17) is 4.74 Å². The normalized spacial score (nSPS) is 12.3. The van der Waals surface area contributed by atoms with Gasteiger partial charge in [-0.3, -0.25) is 4.57 Å². The van der Waals surface area contributed by atoms with E-state index in [-0.39, 0.29) is 0 Å². The van der Waals surface area contributed by atoms with E-state index in [2.05, 4.69) is 6.92 Å². The zero-order chi connectivity index (χ0) is 20.9. The van der Waals surface area contributed by atoms with Crippen LogP contribution < -0.4 is 4.74 Å². The van der Waals surface area contributed by atoms with Crippen LogP contribution in [0.4, 0.5) is 0 Å². The second-order valence-electron chi connectivity index (χ2n) is 8.36. The summed E-state index contributed by atoms with van der Waals surface area (Å²) in [5.74, 6) is 0.758. The topological polar surface area (TPSA) is 66.8 Å².